The number of carboxylic acids is 4. The smallest absolute Gasteiger partial charge is 0.657 e. The van der Waals surface area contributed by atoms with E-state index in [1.165, 1.54) is 48.5 Å². The first-order chi connectivity index (χ1) is 29.0. The van der Waals surface area contributed by atoms with Gasteiger partial charge in [-0.1, -0.05) is 121 Å². The molecule has 14 heteroatoms. The third-order valence-corrected chi connectivity index (χ3v) is 10.2. The Bertz CT molecular complexity index is 3030. The van der Waals surface area contributed by atoms with Gasteiger partial charge in [-0.05, 0) is 85.5 Å². The number of carboxylic acid groups (broad SMARTS) is 4. The van der Waals surface area contributed by atoms with Crippen molar-refractivity contribution in [2.45, 2.75) is 0 Å². The Hall–Kier alpha value is -7.83. The van der Waals surface area contributed by atoms with Crippen LogP contribution < -0.4 is 30.4 Å². The standard InChI is InChI=1S/C48H30N4O8.ClH.Mn/c53-45(54)29-9-1-25(2-10-29)41-33-17-19-35(49-33)42(26-3-11-30(12-4-26)46(55)56)37-21-23-39(51-37)44(28-7-15-32(16-8-28)48(59)60)40-24-22-38(52-40)43(36-20-18-34(41)50-36)27-5-13-31(14-6-27)47(57)58;;/h1-24H,(H6,49,50,51,52,53,54,55,56,57,58,59,60);1H;/q;;+3/p-6. The maximum Gasteiger partial charge on any atom is 3.00 e. The van der Waals surface area contributed by atoms with Gasteiger partial charge in [-0.2, -0.15) is 0 Å². The molecular formula is C48H25ClMnN4O8-3. The van der Waals surface area contributed by atoms with E-state index in [4.69, 9.17) is 19.9 Å². The summed E-state index contributed by atoms with van der Waals surface area (Å²) in [6.45, 7) is 0. The first-order valence-electron chi connectivity index (χ1n) is 18.4. The van der Waals surface area contributed by atoms with Crippen LogP contribution >= 0.6 is 12.4 Å². The normalized spacial score (nSPS) is 11.4. The number of aromatic carboxylic acids is 4. The van der Waals surface area contributed by atoms with E-state index in [0.29, 0.717) is 89.4 Å². The van der Waals surface area contributed by atoms with Gasteiger partial charge in [0, 0.05) is 5.56 Å². The fourth-order valence-electron chi connectivity index (χ4n) is 7.36. The number of aromatic nitrogens is 4. The van der Waals surface area contributed by atoms with Gasteiger partial charge in [0.15, 0.2) is 0 Å². The van der Waals surface area contributed by atoms with E-state index >= 15 is 0 Å². The summed E-state index contributed by atoms with van der Waals surface area (Å²) in [7, 11) is 0. The Kier molecular flexibility index (Phi) is 11.6. The van der Waals surface area contributed by atoms with Crippen LogP contribution in [0.3, 0.4) is 0 Å². The molecular weight excluding hydrogens is 851 g/mol. The second-order valence-electron chi connectivity index (χ2n) is 13.8. The second-order valence-corrected chi connectivity index (χ2v) is 13.8. The van der Waals surface area contributed by atoms with Crippen molar-refractivity contribution < 1.29 is 56.7 Å². The minimum absolute atomic E-state index is 0. The Morgan fingerprint density at radius 1 is 0.339 bits per heavy atom. The third kappa shape index (κ3) is 7.82. The molecule has 12 nitrogen and oxygen atoms in total. The zero-order valence-corrected chi connectivity index (χ0v) is 33.7. The van der Waals surface area contributed by atoms with E-state index in [-0.39, 0.29) is 51.7 Å². The number of halogens is 1. The van der Waals surface area contributed by atoms with Crippen molar-refractivity contribution in [3.63, 3.8) is 0 Å². The zero-order valence-electron chi connectivity index (χ0n) is 31.7. The van der Waals surface area contributed by atoms with E-state index in [0.717, 1.165) is 0 Å². The largest absolute Gasteiger partial charge is 3.00 e. The van der Waals surface area contributed by atoms with Crippen LogP contribution in [0.2, 0.25) is 0 Å². The van der Waals surface area contributed by atoms with Crippen molar-refractivity contribution in [2.75, 3.05) is 0 Å². The molecule has 0 atom stereocenters. The van der Waals surface area contributed by atoms with Gasteiger partial charge in [0.2, 0.25) is 0 Å². The summed E-state index contributed by atoms with van der Waals surface area (Å²) in [6, 6.07) is 31.8. The summed E-state index contributed by atoms with van der Waals surface area (Å²) in [5.41, 5.74) is 8.39. The molecule has 7 aromatic rings. The molecule has 3 aromatic heterocycles. The maximum absolute atomic E-state index is 11.7. The number of rotatable bonds is 8. The molecule has 4 aromatic carbocycles. The number of carbonyl (C=O) groups excluding carboxylic acids is 4. The number of nitrogens with zero attached hydrogens (tertiary/aromatic N) is 4. The van der Waals surface area contributed by atoms with Gasteiger partial charge >= 0.3 is 17.1 Å². The molecule has 302 valence electrons. The molecule has 0 saturated heterocycles. The van der Waals surface area contributed by atoms with Gasteiger partial charge in [0.05, 0.1) is 46.7 Å². The zero-order chi connectivity index (χ0) is 41.7. The molecule has 62 heavy (non-hydrogen) atoms. The molecule has 0 saturated carbocycles. The van der Waals surface area contributed by atoms with E-state index in [2.05, 4.69) is 0 Å². The van der Waals surface area contributed by atoms with E-state index < -0.39 is 23.9 Å². The molecule has 0 unspecified atom stereocenters. The van der Waals surface area contributed by atoms with E-state index in [1.54, 1.807) is 97.1 Å². The van der Waals surface area contributed by atoms with Gasteiger partial charge < -0.3 is 49.6 Å². The minimum Gasteiger partial charge on any atom is -0.657 e. The Balaban J connectivity index is 0.00000289. The number of carbonyl (C=O) groups is 4. The predicted molar refractivity (Wildman–Crippen MR) is 223 cm³/mol. The van der Waals surface area contributed by atoms with Crippen LogP contribution in [0.4, 0.5) is 0 Å². The summed E-state index contributed by atoms with van der Waals surface area (Å²) in [6.07, 6.45) is 7.20. The maximum atomic E-state index is 11.7. The summed E-state index contributed by atoms with van der Waals surface area (Å²) >= 11 is 0. The van der Waals surface area contributed by atoms with Gasteiger partial charge in [-0.25, -0.2) is 9.97 Å². The van der Waals surface area contributed by atoms with Gasteiger partial charge in [0.25, 0.3) is 0 Å². The van der Waals surface area contributed by atoms with Crippen molar-refractivity contribution in [3.05, 3.63) is 166 Å². The molecule has 0 fully saturated rings. The Labute approximate surface area is 368 Å². The molecule has 0 aliphatic carbocycles. The summed E-state index contributed by atoms with van der Waals surface area (Å²) in [4.78, 5) is 67.2. The summed E-state index contributed by atoms with van der Waals surface area (Å²) in [5, 5.41) is 46.8. The van der Waals surface area contributed by atoms with Crippen LogP contribution in [0.15, 0.2) is 121 Å². The van der Waals surface area contributed by atoms with Crippen molar-refractivity contribution in [3.8, 4) is 44.5 Å². The van der Waals surface area contributed by atoms with Crippen molar-refractivity contribution in [1.29, 1.82) is 0 Å². The number of fused-ring (bicyclic) bond motifs is 8. The molecule has 2 aliphatic rings. The van der Waals surface area contributed by atoms with Crippen LogP contribution in [-0.2, 0) is 17.1 Å². The first kappa shape index (κ1) is 42.3. The molecule has 8 bridgehead atoms. The summed E-state index contributed by atoms with van der Waals surface area (Å²) < 4.78 is 0. The van der Waals surface area contributed by atoms with Crippen LogP contribution in [0, 0.1) is 0 Å². The van der Waals surface area contributed by atoms with E-state index in [9.17, 15) is 39.6 Å². The Morgan fingerprint density at radius 3 is 0.839 bits per heavy atom. The molecule has 0 radical (unpaired) electrons. The van der Waals surface area contributed by atoms with Crippen LogP contribution in [0.1, 0.15) is 64.2 Å². The van der Waals surface area contributed by atoms with Crippen molar-refractivity contribution >= 4 is 82.7 Å². The molecule has 9 rings (SSSR count). The number of benzene rings is 4. The van der Waals surface area contributed by atoms with Crippen molar-refractivity contribution in [2.24, 2.45) is 0 Å². The minimum atomic E-state index is -1.34. The predicted octanol–water partition coefficient (Wildman–Crippen LogP) is 4.46. The van der Waals surface area contributed by atoms with Gasteiger partial charge in [0.1, 0.15) is 0 Å². The molecule has 0 amide bonds. The summed E-state index contributed by atoms with van der Waals surface area (Å²) in [5.74, 6) is -5.34. The topological polar surface area (TPSA) is 214 Å². The quantitative estimate of drug-likeness (QED) is 0.194. The third-order valence-electron chi connectivity index (χ3n) is 10.2. The Morgan fingerprint density at radius 2 is 0.565 bits per heavy atom. The van der Waals surface area contributed by atoms with Gasteiger partial charge in [-0.15, -0.1) is 34.5 Å². The average molecular weight is 876 g/mol. The molecule has 0 spiro atoms. The molecule has 5 heterocycles. The fourth-order valence-corrected chi connectivity index (χ4v) is 7.36. The monoisotopic (exact) mass is 875 g/mol. The second kappa shape index (κ2) is 17.0. The number of hydrogen-bond donors (Lipinski definition) is 0. The van der Waals surface area contributed by atoms with Crippen LogP contribution in [-0.4, -0.2) is 33.8 Å². The van der Waals surface area contributed by atoms with Crippen LogP contribution in [0.25, 0.3) is 90.9 Å². The van der Waals surface area contributed by atoms with E-state index in [1.807, 2.05) is 0 Å². The first-order valence-corrected chi connectivity index (χ1v) is 18.4. The van der Waals surface area contributed by atoms with Gasteiger partial charge in [-0.3, -0.25) is 0 Å². The van der Waals surface area contributed by atoms with Crippen molar-refractivity contribution in [1.82, 2.24) is 19.9 Å². The average Bonchev–Trinajstić information content (AvgIpc) is 4.10. The van der Waals surface area contributed by atoms with Crippen LogP contribution in [0.5, 0.6) is 0 Å². The SMILES string of the molecule is Cl.O=C([O-])c1ccc(-c2c3nc(c(-c4ccc(C(=O)[O-])cc4)c4ccc([n-]4)c(-c4ccc(C(=O)[O-])cc4)c4ccc([n-]4)c(-c4ccc(C(=O)[O-])cc4)c4nc2C=C4)C=C3)cc1.[Mn+3]. The number of hydrogen-bond acceptors (Lipinski definition) is 10. The molecule has 0 N–H and O–H groups in total. The molecule has 2 aliphatic heterocycles. The fraction of sp³-hybridized carbons (Fsp3) is 0.